The standard InChI is InChI=1S/C19H30BNO2/c1-3-5-7-11-15-22-20(23-16-12-8-6-4-2)19-14-10-9-13-18(19)17-21/h9-10,13-14H,3-8,11-12,15-16H2,1-2H3. The van der Waals surface area contributed by atoms with Gasteiger partial charge in [-0.15, -0.1) is 0 Å². The number of benzene rings is 1. The molecule has 23 heavy (non-hydrogen) atoms. The maximum atomic E-state index is 9.29. The van der Waals surface area contributed by atoms with Crippen LogP contribution in [-0.2, 0) is 9.31 Å². The highest BCUT2D eigenvalue weighted by molar-refractivity contribution is 6.62. The lowest BCUT2D eigenvalue weighted by molar-refractivity contribution is 0.200. The molecule has 0 N–H and O–H groups in total. The molecule has 1 aromatic rings. The molecule has 0 aliphatic carbocycles. The van der Waals surface area contributed by atoms with Crippen LogP contribution >= 0.6 is 0 Å². The minimum absolute atomic E-state index is 0.422. The van der Waals surface area contributed by atoms with Gasteiger partial charge in [0.1, 0.15) is 0 Å². The van der Waals surface area contributed by atoms with Crippen molar-refractivity contribution in [3.63, 3.8) is 0 Å². The molecule has 0 heterocycles. The van der Waals surface area contributed by atoms with Gasteiger partial charge in [-0.1, -0.05) is 70.6 Å². The third kappa shape index (κ3) is 8.20. The first-order valence-electron chi connectivity index (χ1n) is 9.05. The second-order valence-corrected chi connectivity index (χ2v) is 5.89. The van der Waals surface area contributed by atoms with Gasteiger partial charge in [0.15, 0.2) is 0 Å². The van der Waals surface area contributed by atoms with Crippen molar-refractivity contribution in [1.29, 1.82) is 5.26 Å². The lowest BCUT2D eigenvalue weighted by Crippen LogP contribution is -2.39. The lowest BCUT2D eigenvalue weighted by Gasteiger charge is -2.16. The Hall–Kier alpha value is -1.31. The summed E-state index contributed by atoms with van der Waals surface area (Å²) in [6.45, 7) is 5.76. The number of rotatable bonds is 13. The molecule has 0 saturated carbocycles. The molecule has 1 rings (SSSR count). The van der Waals surface area contributed by atoms with E-state index in [-0.39, 0.29) is 0 Å². The molecule has 0 amide bonds. The summed E-state index contributed by atoms with van der Waals surface area (Å²) in [5.74, 6) is 0. The van der Waals surface area contributed by atoms with Crippen LogP contribution < -0.4 is 5.46 Å². The Morgan fingerprint density at radius 1 is 0.870 bits per heavy atom. The van der Waals surface area contributed by atoms with Crippen molar-refractivity contribution in [3.8, 4) is 6.07 Å². The van der Waals surface area contributed by atoms with E-state index in [0.717, 1.165) is 18.3 Å². The van der Waals surface area contributed by atoms with Gasteiger partial charge in [0.05, 0.1) is 11.6 Å². The molecular formula is C19H30BNO2. The molecule has 0 aromatic heterocycles. The van der Waals surface area contributed by atoms with Gasteiger partial charge in [-0.05, 0) is 18.9 Å². The Bertz CT molecular complexity index is 445. The van der Waals surface area contributed by atoms with Gasteiger partial charge in [0.25, 0.3) is 0 Å². The van der Waals surface area contributed by atoms with Crippen molar-refractivity contribution in [2.24, 2.45) is 0 Å². The summed E-state index contributed by atoms with van der Waals surface area (Å²) in [7, 11) is -0.422. The Morgan fingerprint density at radius 3 is 1.96 bits per heavy atom. The van der Waals surface area contributed by atoms with E-state index in [0.29, 0.717) is 18.8 Å². The molecule has 0 spiro atoms. The van der Waals surface area contributed by atoms with Crippen molar-refractivity contribution in [2.45, 2.75) is 65.2 Å². The van der Waals surface area contributed by atoms with E-state index < -0.39 is 7.12 Å². The zero-order valence-corrected chi connectivity index (χ0v) is 14.7. The summed E-state index contributed by atoms with van der Waals surface area (Å²) in [6, 6.07) is 9.80. The topological polar surface area (TPSA) is 42.2 Å². The number of hydrogen-bond acceptors (Lipinski definition) is 3. The van der Waals surface area contributed by atoms with Crippen molar-refractivity contribution >= 4 is 12.6 Å². The van der Waals surface area contributed by atoms with E-state index in [1.165, 1.54) is 38.5 Å². The van der Waals surface area contributed by atoms with Gasteiger partial charge in [0, 0.05) is 18.7 Å². The highest BCUT2D eigenvalue weighted by atomic mass is 16.6. The molecule has 126 valence electrons. The van der Waals surface area contributed by atoms with Crippen LogP contribution in [0.2, 0.25) is 0 Å². The highest BCUT2D eigenvalue weighted by Crippen LogP contribution is 2.05. The minimum atomic E-state index is -0.422. The van der Waals surface area contributed by atoms with Gasteiger partial charge in [-0.25, -0.2) is 0 Å². The average molecular weight is 315 g/mol. The molecule has 0 unspecified atom stereocenters. The van der Waals surface area contributed by atoms with Crippen molar-refractivity contribution in [2.75, 3.05) is 13.2 Å². The SMILES string of the molecule is CCCCCCOB(OCCCCCC)c1ccccc1C#N. The smallest absolute Gasteiger partial charge is 0.407 e. The summed E-state index contributed by atoms with van der Waals surface area (Å²) in [4.78, 5) is 0. The van der Waals surface area contributed by atoms with E-state index in [4.69, 9.17) is 9.31 Å². The van der Waals surface area contributed by atoms with E-state index in [9.17, 15) is 5.26 Å². The molecule has 0 atom stereocenters. The molecule has 0 radical (unpaired) electrons. The second-order valence-electron chi connectivity index (χ2n) is 5.89. The predicted molar refractivity (Wildman–Crippen MR) is 96.7 cm³/mol. The van der Waals surface area contributed by atoms with E-state index in [2.05, 4.69) is 19.9 Å². The lowest BCUT2D eigenvalue weighted by atomic mass is 9.76. The quantitative estimate of drug-likeness (QED) is 0.399. The van der Waals surface area contributed by atoms with E-state index in [1.807, 2.05) is 24.3 Å². The van der Waals surface area contributed by atoms with Gasteiger partial charge in [0.2, 0.25) is 0 Å². The summed E-state index contributed by atoms with van der Waals surface area (Å²) < 4.78 is 11.9. The van der Waals surface area contributed by atoms with Crippen LogP contribution in [0.5, 0.6) is 0 Å². The number of nitrogens with zero attached hydrogens (tertiary/aromatic N) is 1. The van der Waals surface area contributed by atoms with E-state index >= 15 is 0 Å². The van der Waals surface area contributed by atoms with Gasteiger partial charge >= 0.3 is 7.12 Å². The zero-order chi connectivity index (χ0) is 16.8. The number of hydrogen-bond donors (Lipinski definition) is 0. The van der Waals surface area contributed by atoms with Crippen LogP contribution in [0.25, 0.3) is 0 Å². The monoisotopic (exact) mass is 315 g/mol. The Balaban J connectivity index is 2.55. The van der Waals surface area contributed by atoms with Crippen molar-refractivity contribution in [3.05, 3.63) is 29.8 Å². The molecule has 0 aliphatic heterocycles. The van der Waals surface area contributed by atoms with Crippen LogP contribution in [0.15, 0.2) is 24.3 Å². The van der Waals surface area contributed by atoms with Crippen LogP contribution in [0, 0.1) is 11.3 Å². The third-order valence-electron chi connectivity index (χ3n) is 3.87. The fourth-order valence-corrected chi connectivity index (χ4v) is 2.47. The van der Waals surface area contributed by atoms with E-state index in [1.54, 1.807) is 0 Å². The molecule has 3 nitrogen and oxygen atoms in total. The molecule has 4 heteroatoms. The van der Waals surface area contributed by atoms with Gasteiger partial charge < -0.3 is 9.31 Å². The molecule has 0 saturated heterocycles. The Labute approximate surface area is 142 Å². The minimum Gasteiger partial charge on any atom is -0.407 e. The summed E-state index contributed by atoms with van der Waals surface area (Å²) >= 11 is 0. The predicted octanol–water partition coefficient (Wildman–Crippen LogP) is 4.45. The van der Waals surface area contributed by atoms with Crippen molar-refractivity contribution in [1.82, 2.24) is 0 Å². The van der Waals surface area contributed by atoms with Gasteiger partial charge in [-0.2, -0.15) is 5.26 Å². The Morgan fingerprint density at radius 2 is 1.43 bits per heavy atom. The Kier molecular flexibility index (Phi) is 11.3. The number of nitriles is 1. The highest BCUT2D eigenvalue weighted by Gasteiger charge is 2.24. The first-order chi connectivity index (χ1) is 11.3. The molecule has 0 aliphatic rings. The number of unbranched alkanes of at least 4 members (excludes halogenated alkanes) is 6. The second kappa shape index (κ2) is 13.2. The molecule has 0 bridgehead atoms. The summed E-state index contributed by atoms with van der Waals surface area (Å²) in [5, 5.41) is 9.29. The third-order valence-corrected chi connectivity index (χ3v) is 3.87. The van der Waals surface area contributed by atoms with Crippen LogP contribution in [0.3, 0.4) is 0 Å². The van der Waals surface area contributed by atoms with Crippen LogP contribution in [0.4, 0.5) is 0 Å². The van der Waals surface area contributed by atoms with Gasteiger partial charge in [-0.3, -0.25) is 0 Å². The van der Waals surface area contributed by atoms with Crippen LogP contribution in [0.1, 0.15) is 70.8 Å². The first kappa shape index (κ1) is 19.7. The maximum absolute atomic E-state index is 9.29. The van der Waals surface area contributed by atoms with Crippen molar-refractivity contribution < 1.29 is 9.31 Å². The normalized spacial score (nSPS) is 10.5. The summed E-state index contributed by atoms with van der Waals surface area (Å²) in [6.07, 6.45) is 9.35. The first-order valence-corrected chi connectivity index (χ1v) is 9.05. The maximum Gasteiger partial charge on any atom is 0.495 e. The fraction of sp³-hybridized carbons (Fsp3) is 0.632. The van der Waals surface area contributed by atoms with Crippen LogP contribution in [-0.4, -0.2) is 20.3 Å². The zero-order valence-electron chi connectivity index (χ0n) is 14.7. The average Bonchev–Trinajstić information content (AvgIpc) is 2.59. The molecule has 1 aromatic carbocycles. The largest absolute Gasteiger partial charge is 0.495 e. The fourth-order valence-electron chi connectivity index (χ4n) is 2.47. The molecular weight excluding hydrogens is 285 g/mol. The molecule has 0 fully saturated rings. The summed E-state index contributed by atoms with van der Waals surface area (Å²) in [5.41, 5.74) is 1.49.